The zero-order valence-electron chi connectivity index (χ0n) is 16.0. The molecule has 0 aliphatic carbocycles. The van der Waals surface area contributed by atoms with E-state index < -0.39 is 0 Å². The quantitative estimate of drug-likeness (QED) is 0.819. The minimum Gasteiger partial charge on any atom is -0.450 e. The second kappa shape index (κ2) is 7.88. The Morgan fingerprint density at radius 3 is 2.46 bits per heavy atom. The van der Waals surface area contributed by atoms with Gasteiger partial charge in [0.15, 0.2) is 0 Å². The highest BCUT2D eigenvalue weighted by Gasteiger charge is 2.26. The second-order valence-corrected chi connectivity index (χ2v) is 6.91. The fourth-order valence-electron chi connectivity index (χ4n) is 3.75. The van der Waals surface area contributed by atoms with Gasteiger partial charge in [0.05, 0.1) is 18.5 Å². The molecule has 1 aromatic carbocycles. The van der Waals surface area contributed by atoms with Crippen LogP contribution in [0.15, 0.2) is 42.6 Å². The van der Waals surface area contributed by atoms with E-state index >= 15 is 0 Å². The highest BCUT2D eigenvalue weighted by Crippen LogP contribution is 2.33. The van der Waals surface area contributed by atoms with Crippen LogP contribution in [0.4, 0.5) is 16.2 Å². The van der Waals surface area contributed by atoms with Crippen molar-refractivity contribution in [1.29, 1.82) is 0 Å². The molecule has 1 fully saturated rings. The number of carbonyl (C=O) groups is 2. The number of para-hydroxylation sites is 1. The van der Waals surface area contributed by atoms with Gasteiger partial charge >= 0.3 is 6.09 Å². The van der Waals surface area contributed by atoms with Crippen LogP contribution in [-0.2, 0) is 11.2 Å². The smallest absolute Gasteiger partial charge is 0.409 e. The molecule has 3 heterocycles. The Morgan fingerprint density at radius 2 is 1.75 bits per heavy atom. The Labute approximate surface area is 164 Å². The number of hydrogen-bond donors (Lipinski definition) is 0. The number of benzene rings is 1. The minimum atomic E-state index is -0.317. The van der Waals surface area contributed by atoms with Crippen molar-refractivity contribution in [3.63, 3.8) is 0 Å². The Morgan fingerprint density at radius 1 is 1.00 bits per heavy atom. The van der Waals surface area contributed by atoms with Gasteiger partial charge in [0.2, 0.25) is 0 Å². The molecule has 0 saturated carbocycles. The summed E-state index contributed by atoms with van der Waals surface area (Å²) in [5, 5.41) is 0. The molecular formula is C21H24N4O3. The van der Waals surface area contributed by atoms with Gasteiger partial charge in [-0.2, -0.15) is 0 Å². The van der Waals surface area contributed by atoms with E-state index in [1.165, 1.54) is 11.3 Å². The number of anilines is 2. The van der Waals surface area contributed by atoms with E-state index in [0.717, 1.165) is 18.7 Å². The summed E-state index contributed by atoms with van der Waals surface area (Å²) in [5.41, 5.74) is 3.97. The Bertz CT molecular complexity index is 860. The van der Waals surface area contributed by atoms with Gasteiger partial charge in [-0.25, -0.2) is 9.78 Å². The molecule has 0 N–H and O–H groups in total. The molecule has 4 rings (SSSR count). The van der Waals surface area contributed by atoms with Crippen LogP contribution in [-0.4, -0.2) is 66.1 Å². The summed E-state index contributed by atoms with van der Waals surface area (Å²) >= 11 is 0. The number of carbonyl (C=O) groups excluding carboxylic acids is 2. The van der Waals surface area contributed by atoms with E-state index in [2.05, 4.69) is 28.1 Å². The van der Waals surface area contributed by atoms with E-state index in [0.29, 0.717) is 38.5 Å². The molecule has 7 heteroatoms. The molecular weight excluding hydrogens is 356 g/mol. The van der Waals surface area contributed by atoms with Crippen molar-refractivity contribution in [3.05, 3.63) is 53.9 Å². The number of amides is 2. The van der Waals surface area contributed by atoms with E-state index in [4.69, 9.17) is 4.74 Å². The average molecular weight is 380 g/mol. The van der Waals surface area contributed by atoms with Crippen molar-refractivity contribution in [2.45, 2.75) is 13.3 Å². The SMILES string of the molecule is CCOC(=O)N1CCN(C(=O)c2ccc(N3CCc4ccccc43)cn2)CC1. The molecule has 0 bridgehead atoms. The van der Waals surface area contributed by atoms with Crippen molar-refractivity contribution in [1.82, 2.24) is 14.8 Å². The highest BCUT2D eigenvalue weighted by molar-refractivity contribution is 5.92. The standard InChI is InChI=1S/C21H24N4O3/c1-2-28-21(27)24-13-11-23(12-14-24)20(26)18-8-7-17(15-22-18)25-10-9-16-5-3-4-6-19(16)25/h3-8,15H,2,9-14H2,1H3. The first kappa shape index (κ1) is 18.3. The maximum Gasteiger partial charge on any atom is 0.409 e. The summed E-state index contributed by atoms with van der Waals surface area (Å²) in [6, 6.07) is 12.1. The first-order valence-corrected chi connectivity index (χ1v) is 9.70. The van der Waals surface area contributed by atoms with Crippen LogP contribution in [0.1, 0.15) is 23.0 Å². The fraction of sp³-hybridized carbons (Fsp3) is 0.381. The van der Waals surface area contributed by atoms with Crippen LogP contribution in [0.5, 0.6) is 0 Å². The lowest BCUT2D eigenvalue weighted by Crippen LogP contribution is -2.50. The van der Waals surface area contributed by atoms with E-state index in [-0.39, 0.29) is 12.0 Å². The molecule has 28 heavy (non-hydrogen) atoms. The molecule has 1 saturated heterocycles. The molecule has 2 aliphatic heterocycles. The van der Waals surface area contributed by atoms with Crippen LogP contribution >= 0.6 is 0 Å². The van der Waals surface area contributed by atoms with Gasteiger partial charge in [0.1, 0.15) is 5.69 Å². The zero-order valence-corrected chi connectivity index (χ0v) is 16.0. The topological polar surface area (TPSA) is 66.0 Å². The lowest BCUT2D eigenvalue weighted by Gasteiger charge is -2.33. The number of fused-ring (bicyclic) bond motifs is 1. The number of nitrogens with zero attached hydrogens (tertiary/aromatic N) is 4. The van der Waals surface area contributed by atoms with E-state index in [9.17, 15) is 9.59 Å². The minimum absolute atomic E-state index is 0.100. The van der Waals surface area contributed by atoms with E-state index in [1.54, 1.807) is 29.0 Å². The van der Waals surface area contributed by atoms with Crippen LogP contribution in [0.2, 0.25) is 0 Å². The van der Waals surface area contributed by atoms with Gasteiger partial charge in [-0.1, -0.05) is 18.2 Å². The third-order valence-electron chi connectivity index (χ3n) is 5.26. The summed E-state index contributed by atoms with van der Waals surface area (Å²) in [4.78, 5) is 34.5. The lowest BCUT2D eigenvalue weighted by atomic mass is 10.2. The molecule has 7 nitrogen and oxygen atoms in total. The number of piperazine rings is 1. The summed E-state index contributed by atoms with van der Waals surface area (Å²) < 4.78 is 5.02. The summed E-state index contributed by atoms with van der Waals surface area (Å²) in [6.45, 7) is 5.00. The van der Waals surface area contributed by atoms with Crippen molar-refractivity contribution in [2.24, 2.45) is 0 Å². The molecule has 0 unspecified atom stereocenters. The van der Waals surface area contributed by atoms with Crippen molar-refractivity contribution in [2.75, 3.05) is 44.2 Å². The van der Waals surface area contributed by atoms with Gasteiger partial charge in [0.25, 0.3) is 5.91 Å². The number of pyridine rings is 1. The Kier molecular flexibility index (Phi) is 5.14. The predicted molar refractivity (Wildman–Crippen MR) is 106 cm³/mol. The van der Waals surface area contributed by atoms with Crippen LogP contribution < -0.4 is 4.90 Å². The van der Waals surface area contributed by atoms with E-state index in [1.807, 2.05) is 12.1 Å². The van der Waals surface area contributed by atoms with Crippen molar-refractivity contribution < 1.29 is 14.3 Å². The first-order chi connectivity index (χ1) is 13.7. The molecule has 2 aliphatic rings. The van der Waals surface area contributed by atoms with Gasteiger partial charge < -0.3 is 19.4 Å². The molecule has 2 aromatic rings. The number of aromatic nitrogens is 1. The average Bonchev–Trinajstić information content (AvgIpc) is 3.18. The Hall–Kier alpha value is -3.09. The molecule has 0 atom stereocenters. The number of hydrogen-bond acceptors (Lipinski definition) is 5. The zero-order chi connectivity index (χ0) is 19.5. The molecule has 146 valence electrons. The molecule has 0 radical (unpaired) electrons. The number of rotatable bonds is 3. The van der Waals surface area contributed by atoms with Gasteiger partial charge in [-0.3, -0.25) is 4.79 Å². The first-order valence-electron chi connectivity index (χ1n) is 9.70. The Balaban J connectivity index is 1.40. The third kappa shape index (κ3) is 3.52. The largest absolute Gasteiger partial charge is 0.450 e. The molecule has 1 aromatic heterocycles. The third-order valence-corrected chi connectivity index (χ3v) is 5.26. The van der Waals surface area contributed by atoms with Crippen molar-refractivity contribution in [3.8, 4) is 0 Å². The van der Waals surface area contributed by atoms with Crippen LogP contribution in [0.25, 0.3) is 0 Å². The fourth-order valence-corrected chi connectivity index (χ4v) is 3.75. The predicted octanol–water partition coefficient (Wildman–Crippen LogP) is 2.69. The second-order valence-electron chi connectivity index (χ2n) is 6.91. The van der Waals surface area contributed by atoms with Gasteiger partial charge in [-0.05, 0) is 37.1 Å². The number of ether oxygens (including phenoxy) is 1. The lowest BCUT2D eigenvalue weighted by molar-refractivity contribution is 0.0566. The maximum absolute atomic E-state index is 12.7. The van der Waals surface area contributed by atoms with Crippen LogP contribution in [0, 0.1) is 0 Å². The maximum atomic E-state index is 12.7. The normalized spacial score (nSPS) is 16.1. The highest BCUT2D eigenvalue weighted by atomic mass is 16.6. The monoisotopic (exact) mass is 380 g/mol. The summed E-state index contributed by atoms with van der Waals surface area (Å²) in [6.07, 6.45) is 2.47. The summed E-state index contributed by atoms with van der Waals surface area (Å²) in [7, 11) is 0. The van der Waals surface area contributed by atoms with Gasteiger partial charge in [-0.15, -0.1) is 0 Å². The molecule has 0 spiro atoms. The summed E-state index contributed by atoms with van der Waals surface area (Å²) in [5.74, 6) is -0.100. The van der Waals surface area contributed by atoms with Crippen LogP contribution in [0.3, 0.4) is 0 Å². The molecule has 2 amide bonds. The van der Waals surface area contributed by atoms with Crippen molar-refractivity contribution >= 4 is 23.4 Å². The van der Waals surface area contributed by atoms with Gasteiger partial charge in [0, 0.05) is 38.4 Å².